The highest BCUT2D eigenvalue weighted by Crippen LogP contribution is 2.33. The molecule has 3 aromatic rings. The smallest absolute Gasteiger partial charge is 0.263 e. The van der Waals surface area contributed by atoms with Crippen molar-refractivity contribution in [3.05, 3.63) is 70.8 Å². The zero-order valence-electron chi connectivity index (χ0n) is 15.3. The van der Waals surface area contributed by atoms with Gasteiger partial charge in [0.05, 0.1) is 17.7 Å². The Hall–Kier alpha value is -2.90. The molecule has 1 N–H and O–H groups in total. The van der Waals surface area contributed by atoms with E-state index in [1.165, 1.54) is 11.8 Å². The minimum absolute atomic E-state index is 0.181. The molecule has 0 radical (unpaired) electrons. The third kappa shape index (κ3) is 3.58. The average molecular weight is 408 g/mol. The molecule has 0 saturated carbocycles. The minimum atomic E-state index is -0.181. The number of nitrogens with one attached hydrogen (secondary N) is 1. The number of hydrogen-bond acceptors (Lipinski definition) is 5. The van der Waals surface area contributed by atoms with E-state index in [0.29, 0.717) is 9.23 Å². The second-order valence-corrected chi connectivity index (χ2v) is 7.97. The molecule has 0 bridgehead atoms. The fraction of sp³-hybridized carbons (Fsp3) is 0.0952. The lowest BCUT2D eigenvalue weighted by Gasteiger charge is -2.07. The molecule has 1 fully saturated rings. The number of para-hydroxylation sites is 1. The van der Waals surface area contributed by atoms with E-state index in [-0.39, 0.29) is 5.91 Å². The summed E-state index contributed by atoms with van der Waals surface area (Å²) in [5.74, 6) is 0.611. The third-order valence-electron chi connectivity index (χ3n) is 4.38. The molecule has 1 aliphatic rings. The topological polar surface area (TPSA) is 56.1 Å². The molecule has 0 aliphatic carbocycles. The summed E-state index contributed by atoms with van der Waals surface area (Å²) in [6.45, 7) is 2.02. The third-order valence-corrected chi connectivity index (χ3v) is 5.54. The number of benzene rings is 2. The fourth-order valence-electron chi connectivity index (χ4n) is 3.01. The number of ether oxygens (including phenoxy) is 1. The van der Waals surface area contributed by atoms with Crippen molar-refractivity contribution in [2.24, 2.45) is 0 Å². The Kier molecular flexibility index (Phi) is 5.02. The fourth-order valence-corrected chi connectivity index (χ4v) is 4.04. The molecule has 5 nitrogen and oxygen atoms in total. The van der Waals surface area contributed by atoms with Crippen molar-refractivity contribution in [2.75, 3.05) is 7.11 Å². The van der Waals surface area contributed by atoms with Crippen LogP contribution in [0.4, 0.5) is 0 Å². The number of carbonyl (C=O) groups excluding carboxylic acids is 1. The van der Waals surface area contributed by atoms with Crippen LogP contribution in [-0.2, 0) is 4.79 Å². The molecule has 2 heterocycles. The van der Waals surface area contributed by atoms with Crippen LogP contribution >= 0.6 is 24.0 Å². The van der Waals surface area contributed by atoms with Gasteiger partial charge in [-0.3, -0.25) is 4.79 Å². The van der Waals surface area contributed by atoms with E-state index < -0.39 is 0 Å². The van der Waals surface area contributed by atoms with E-state index in [0.717, 1.165) is 33.8 Å². The molecule has 28 heavy (non-hydrogen) atoms. The maximum absolute atomic E-state index is 12.1. The summed E-state index contributed by atoms with van der Waals surface area (Å²) in [6, 6.07) is 15.7. The van der Waals surface area contributed by atoms with Gasteiger partial charge in [-0.15, -0.1) is 0 Å². The molecule has 4 rings (SSSR count). The van der Waals surface area contributed by atoms with Crippen LogP contribution in [0.5, 0.6) is 5.75 Å². The summed E-state index contributed by atoms with van der Waals surface area (Å²) in [4.78, 5) is 12.7. The van der Waals surface area contributed by atoms with Gasteiger partial charge < -0.3 is 10.1 Å². The summed E-state index contributed by atoms with van der Waals surface area (Å²) >= 11 is 6.36. The Bertz CT molecular complexity index is 1100. The van der Waals surface area contributed by atoms with Gasteiger partial charge in [0.15, 0.2) is 0 Å². The molecule has 1 aliphatic heterocycles. The highest BCUT2D eigenvalue weighted by atomic mass is 32.2. The standard InChI is InChI=1S/C21H17N3O2S2/c1-13-10-16(26-2)8-9-17(13)19-14(11-18-20(25)22-21(27)28-18)12-24(23-19)15-6-4-3-5-7-15/h3-12H,1-2H3,(H,22,25,27). The summed E-state index contributed by atoms with van der Waals surface area (Å²) in [7, 11) is 1.65. The molecule has 0 spiro atoms. The van der Waals surface area contributed by atoms with E-state index >= 15 is 0 Å². The molecule has 7 heteroatoms. The van der Waals surface area contributed by atoms with Crippen LogP contribution in [0.3, 0.4) is 0 Å². The van der Waals surface area contributed by atoms with E-state index in [9.17, 15) is 4.79 Å². The van der Waals surface area contributed by atoms with Gasteiger partial charge in [-0.25, -0.2) is 4.68 Å². The first kappa shape index (κ1) is 18.5. The molecule has 2 aromatic carbocycles. The van der Waals surface area contributed by atoms with Crippen LogP contribution in [0.15, 0.2) is 59.6 Å². The Morgan fingerprint density at radius 1 is 1.21 bits per heavy atom. The van der Waals surface area contributed by atoms with E-state index in [1.54, 1.807) is 7.11 Å². The number of carbonyl (C=O) groups is 1. The van der Waals surface area contributed by atoms with E-state index in [4.69, 9.17) is 22.1 Å². The maximum Gasteiger partial charge on any atom is 0.263 e. The Balaban J connectivity index is 1.86. The molecule has 1 aromatic heterocycles. The van der Waals surface area contributed by atoms with Crippen molar-refractivity contribution in [3.8, 4) is 22.7 Å². The first-order valence-corrected chi connectivity index (χ1v) is 9.82. The quantitative estimate of drug-likeness (QED) is 0.515. The lowest BCUT2D eigenvalue weighted by Crippen LogP contribution is -2.17. The molecular weight excluding hydrogens is 390 g/mol. The van der Waals surface area contributed by atoms with Gasteiger partial charge in [0, 0.05) is 17.3 Å². The van der Waals surface area contributed by atoms with Crippen molar-refractivity contribution in [3.63, 3.8) is 0 Å². The van der Waals surface area contributed by atoms with Crippen LogP contribution in [0.1, 0.15) is 11.1 Å². The number of methoxy groups -OCH3 is 1. The highest BCUT2D eigenvalue weighted by Gasteiger charge is 2.23. The second kappa shape index (κ2) is 7.61. The minimum Gasteiger partial charge on any atom is -0.497 e. The van der Waals surface area contributed by atoms with Gasteiger partial charge >= 0.3 is 0 Å². The van der Waals surface area contributed by atoms with E-state index in [1.807, 2.05) is 72.4 Å². The zero-order chi connectivity index (χ0) is 19.7. The SMILES string of the molecule is COc1ccc(-c2nn(-c3ccccc3)cc2C=C2SC(=S)NC2=O)c(C)c1. The first-order valence-electron chi connectivity index (χ1n) is 8.60. The van der Waals surface area contributed by atoms with Gasteiger partial charge in [-0.1, -0.05) is 42.2 Å². The monoisotopic (exact) mass is 407 g/mol. The van der Waals surface area contributed by atoms with Gasteiger partial charge in [-0.2, -0.15) is 5.10 Å². The van der Waals surface area contributed by atoms with Crippen LogP contribution in [0, 0.1) is 6.92 Å². The van der Waals surface area contributed by atoms with Crippen LogP contribution in [-0.4, -0.2) is 27.1 Å². The van der Waals surface area contributed by atoms with Crippen molar-refractivity contribution in [1.29, 1.82) is 0 Å². The molecular formula is C21H17N3O2S2. The van der Waals surface area contributed by atoms with Gasteiger partial charge in [0.25, 0.3) is 5.91 Å². The number of thiocarbonyl (C=S) groups is 1. The summed E-state index contributed by atoms with van der Waals surface area (Å²) in [5.41, 5.74) is 4.60. The largest absolute Gasteiger partial charge is 0.497 e. The second-order valence-electron chi connectivity index (χ2n) is 6.25. The van der Waals surface area contributed by atoms with Gasteiger partial charge in [-0.05, 0) is 48.9 Å². The number of hydrogen-bond donors (Lipinski definition) is 1. The predicted molar refractivity (Wildman–Crippen MR) is 117 cm³/mol. The summed E-state index contributed by atoms with van der Waals surface area (Å²) < 4.78 is 7.60. The van der Waals surface area contributed by atoms with Crippen molar-refractivity contribution in [1.82, 2.24) is 15.1 Å². The molecule has 0 unspecified atom stereocenters. The average Bonchev–Trinajstić information content (AvgIpc) is 3.25. The van der Waals surface area contributed by atoms with Crippen molar-refractivity contribution >= 4 is 40.3 Å². The van der Waals surface area contributed by atoms with Gasteiger partial charge in [0.2, 0.25) is 0 Å². The van der Waals surface area contributed by atoms with E-state index in [2.05, 4.69) is 5.32 Å². The number of aromatic nitrogens is 2. The molecule has 1 amide bonds. The maximum atomic E-state index is 12.1. The Morgan fingerprint density at radius 2 is 2.00 bits per heavy atom. The zero-order valence-corrected chi connectivity index (χ0v) is 16.9. The first-order chi connectivity index (χ1) is 13.5. The Morgan fingerprint density at radius 3 is 2.64 bits per heavy atom. The lowest BCUT2D eigenvalue weighted by molar-refractivity contribution is -0.115. The normalized spacial score (nSPS) is 15.1. The van der Waals surface area contributed by atoms with Gasteiger partial charge in [0.1, 0.15) is 15.8 Å². The number of rotatable bonds is 4. The van der Waals surface area contributed by atoms with Crippen LogP contribution in [0.25, 0.3) is 23.0 Å². The number of nitrogens with zero attached hydrogens (tertiary/aromatic N) is 2. The van der Waals surface area contributed by atoms with Crippen molar-refractivity contribution < 1.29 is 9.53 Å². The summed E-state index contributed by atoms with van der Waals surface area (Å²) in [5, 5.41) is 7.47. The highest BCUT2D eigenvalue weighted by molar-refractivity contribution is 8.26. The summed E-state index contributed by atoms with van der Waals surface area (Å²) in [6.07, 6.45) is 3.77. The van der Waals surface area contributed by atoms with Crippen molar-refractivity contribution in [2.45, 2.75) is 6.92 Å². The predicted octanol–water partition coefficient (Wildman–Crippen LogP) is 4.35. The molecule has 0 atom stereocenters. The van der Waals surface area contributed by atoms with Crippen LogP contribution < -0.4 is 10.1 Å². The lowest BCUT2D eigenvalue weighted by atomic mass is 10.0. The number of thioether (sulfide) groups is 1. The van der Waals surface area contributed by atoms with Crippen LogP contribution in [0.2, 0.25) is 0 Å². The number of amides is 1. The number of aryl methyl sites for hydroxylation is 1. The Labute approximate surface area is 172 Å². The molecule has 1 saturated heterocycles. The molecule has 140 valence electrons.